The lowest BCUT2D eigenvalue weighted by atomic mass is 10.1. The van der Waals surface area contributed by atoms with E-state index in [2.05, 4.69) is 25.2 Å². The van der Waals surface area contributed by atoms with Gasteiger partial charge in [0, 0.05) is 36.6 Å². The summed E-state index contributed by atoms with van der Waals surface area (Å²) in [5, 5.41) is 4.18. The van der Waals surface area contributed by atoms with Gasteiger partial charge in [0.05, 0.1) is 0 Å². The second-order valence-corrected chi connectivity index (χ2v) is 5.88. The van der Waals surface area contributed by atoms with Crippen molar-refractivity contribution in [1.29, 1.82) is 0 Å². The van der Waals surface area contributed by atoms with Crippen molar-refractivity contribution in [3.05, 3.63) is 34.9 Å². The fourth-order valence-corrected chi connectivity index (χ4v) is 2.74. The third-order valence-corrected chi connectivity index (χ3v) is 3.58. The Balaban J connectivity index is 1.85. The summed E-state index contributed by atoms with van der Waals surface area (Å²) in [6, 6.07) is 8.56. The molecule has 0 saturated carbocycles. The van der Waals surface area contributed by atoms with Crippen LogP contribution in [-0.2, 0) is 11.2 Å². The molecule has 0 radical (unpaired) electrons. The second-order valence-electron chi connectivity index (χ2n) is 5.44. The standard InChI is InChI=1S/C15H21ClN2O/c1-11(2)17-14-9-15(19)18(10-14)7-6-12-4-3-5-13(16)8-12/h3-5,8,11,14,17H,6-7,9-10H2,1-2H3. The van der Waals surface area contributed by atoms with Crippen LogP contribution in [0.2, 0.25) is 5.02 Å². The largest absolute Gasteiger partial charge is 0.341 e. The van der Waals surface area contributed by atoms with Crippen LogP contribution in [0.1, 0.15) is 25.8 Å². The Kier molecular flexibility index (Phi) is 4.83. The Labute approximate surface area is 119 Å². The van der Waals surface area contributed by atoms with Gasteiger partial charge >= 0.3 is 0 Å². The van der Waals surface area contributed by atoms with Crippen molar-refractivity contribution in [1.82, 2.24) is 10.2 Å². The second kappa shape index (κ2) is 6.40. The molecule has 0 aromatic heterocycles. The van der Waals surface area contributed by atoms with Gasteiger partial charge in [0.25, 0.3) is 0 Å². The fourth-order valence-electron chi connectivity index (χ4n) is 2.53. The highest BCUT2D eigenvalue weighted by molar-refractivity contribution is 6.30. The summed E-state index contributed by atoms with van der Waals surface area (Å²) in [4.78, 5) is 13.9. The summed E-state index contributed by atoms with van der Waals surface area (Å²) in [6.45, 7) is 5.81. The molecular formula is C15H21ClN2O. The first-order chi connectivity index (χ1) is 9.04. The number of halogens is 1. The van der Waals surface area contributed by atoms with Crippen molar-refractivity contribution in [3.8, 4) is 0 Å². The van der Waals surface area contributed by atoms with E-state index in [-0.39, 0.29) is 5.91 Å². The zero-order valence-electron chi connectivity index (χ0n) is 11.5. The van der Waals surface area contributed by atoms with Crippen LogP contribution in [0.25, 0.3) is 0 Å². The van der Waals surface area contributed by atoms with Gasteiger partial charge in [-0.1, -0.05) is 37.6 Å². The molecule has 19 heavy (non-hydrogen) atoms. The molecule has 0 bridgehead atoms. The first kappa shape index (κ1) is 14.4. The Morgan fingerprint density at radius 3 is 2.95 bits per heavy atom. The maximum atomic E-state index is 11.9. The van der Waals surface area contributed by atoms with Crippen LogP contribution in [0, 0.1) is 0 Å². The molecule has 1 heterocycles. The predicted molar refractivity (Wildman–Crippen MR) is 78.4 cm³/mol. The van der Waals surface area contributed by atoms with Gasteiger partial charge in [-0.3, -0.25) is 4.79 Å². The van der Waals surface area contributed by atoms with Crippen LogP contribution in [-0.4, -0.2) is 36.0 Å². The normalized spacial score (nSPS) is 19.5. The molecular weight excluding hydrogens is 260 g/mol. The van der Waals surface area contributed by atoms with E-state index in [1.807, 2.05) is 23.1 Å². The molecule has 1 aliphatic heterocycles. The molecule has 0 aliphatic carbocycles. The Bertz CT molecular complexity index is 448. The Morgan fingerprint density at radius 1 is 1.47 bits per heavy atom. The maximum Gasteiger partial charge on any atom is 0.224 e. The van der Waals surface area contributed by atoms with Gasteiger partial charge < -0.3 is 10.2 Å². The number of nitrogens with one attached hydrogen (secondary N) is 1. The molecule has 2 rings (SSSR count). The van der Waals surface area contributed by atoms with Gasteiger partial charge in [0.15, 0.2) is 0 Å². The van der Waals surface area contributed by atoms with E-state index >= 15 is 0 Å². The van der Waals surface area contributed by atoms with E-state index in [9.17, 15) is 4.79 Å². The number of carbonyl (C=O) groups excluding carboxylic acids is 1. The van der Waals surface area contributed by atoms with Crippen molar-refractivity contribution in [2.45, 2.75) is 38.8 Å². The van der Waals surface area contributed by atoms with Crippen LogP contribution in [0.4, 0.5) is 0 Å². The van der Waals surface area contributed by atoms with Crippen molar-refractivity contribution in [2.75, 3.05) is 13.1 Å². The average molecular weight is 281 g/mol. The zero-order chi connectivity index (χ0) is 13.8. The Morgan fingerprint density at radius 2 is 2.26 bits per heavy atom. The molecule has 1 fully saturated rings. The molecule has 1 aromatic rings. The number of benzene rings is 1. The van der Waals surface area contributed by atoms with Crippen LogP contribution < -0.4 is 5.32 Å². The summed E-state index contributed by atoms with van der Waals surface area (Å²) in [6.07, 6.45) is 1.48. The summed E-state index contributed by atoms with van der Waals surface area (Å²) < 4.78 is 0. The molecule has 1 aliphatic rings. The molecule has 1 N–H and O–H groups in total. The minimum Gasteiger partial charge on any atom is -0.341 e. The third kappa shape index (κ3) is 4.22. The van der Waals surface area contributed by atoms with Crippen molar-refractivity contribution >= 4 is 17.5 Å². The van der Waals surface area contributed by atoms with Crippen molar-refractivity contribution in [3.63, 3.8) is 0 Å². The molecule has 1 unspecified atom stereocenters. The summed E-state index contributed by atoms with van der Waals surface area (Å²) in [5.74, 6) is 0.250. The van der Waals surface area contributed by atoms with E-state index in [0.717, 1.165) is 24.5 Å². The third-order valence-electron chi connectivity index (χ3n) is 3.34. The smallest absolute Gasteiger partial charge is 0.224 e. The molecule has 3 nitrogen and oxygen atoms in total. The average Bonchev–Trinajstić information content (AvgIpc) is 2.66. The number of amides is 1. The highest BCUT2D eigenvalue weighted by atomic mass is 35.5. The molecule has 1 aromatic carbocycles. The molecule has 0 spiro atoms. The number of nitrogens with zero attached hydrogens (tertiary/aromatic N) is 1. The first-order valence-electron chi connectivity index (χ1n) is 6.83. The monoisotopic (exact) mass is 280 g/mol. The summed E-state index contributed by atoms with van der Waals surface area (Å²) in [5.41, 5.74) is 1.18. The maximum absolute atomic E-state index is 11.9. The lowest BCUT2D eigenvalue weighted by Crippen LogP contribution is -2.37. The van der Waals surface area contributed by atoms with Gasteiger partial charge in [-0.05, 0) is 24.1 Å². The molecule has 4 heteroatoms. The van der Waals surface area contributed by atoms with Crippen LogP contribution >= 0.6 is 11.6 Å². The van der Waals surface area contributed by atoms with Gasteiger partial charge in [-0.2, -0.15) is 0 Å². The molecule has 1 saturated heterocycles. The van der Waals surface area contributed by atoms with Crippen LogP contribution in [0.15, 0.2) is 24.3 Å². The van der Waals surface area contributed by atoms with Gasteiger partial charge in [0.2, 0.25) is 5.91 Å². The number of likely N-dealkylation sites (tertiary alicyclic amines) is 1. The topological polar surface area (TPSA) is 32.3 Å². The summed E-state index contributed by atoms with van der Waals surface area (Å²) in [7, 11) is 0. The van der Waals surface area contributed by atoms with Crippen molar-refractivity contribution in [2.24, 2.45) is 0 Å². The fraction of sp³-hybridized carbons (Fsp3) is 0.533. The molecule has 1 atom stereocenters. The van der Waals surface area contributed by atoms with E-state index in [1.165, 1.54) is 5.56 Å². The van der Waals surface area contributed by atoms with E-state index in [0.29, 0.717) is 18.5 Å². The van der Waals surface area contributed by atoms with E-state index in [4.69, 9.17) is 11.6 Å². The zero-order valence-corrected chi connectivity index (χ0v) is 12.3. The minimum atomic E-state index is 0.250. The molecule has 104 valence electrons. The van der Waals surface area contributed by atoms with Gasteiger partial charge in [-0.15, -0.1) is 0 Å². The van der Waals surface area contributed by atoms with Crippen LogP contribution in [0.3, 0.4) is 0 Å². The van der Waals surface area contributed by atoms with Gasteiger partial charge in [0.1, 0.15) is 0 Å². The van der Waals surface area contributed by atoms with Crippen molar-refractivity contribution < 1.29 is 4.79 Å². The number of hydrogen-bond acceptors (Lipinski definition) is 2. The summed E-state index contributed by atoms with van der Waals surface area (Å²) >= 11 is 5.96. The molecule has 1 amide bonds. The van der Waals surface area contributed by atoms with Crippen LogP contribution in [0.5, 0.6) is 0 Å². The quantitative estimate of drug-likeness (QED) is 0.899. The van der Waals surface area contributed by atoms with E-state index < -0.39 is 0 Å². The minimum absolute atomic E-state index is 0.250. The number of hydrogen-bond donors (Lipinski definition) is 1. The SMILES string of the molecule is CC(C)NC1CC(=O)N(CCc2cccc(Cl)c2)C1. The lowest BCUT2D eigenvalue weighted by Gasteiger charge is -2.18. The van der Waals surface area contributed by atoms with Gasteiger partial charge in [-0.25, -0.2) is 0 Å². The lowest BCUT2D eigenvalue weighted by molar-refractivity contribution is -0.127. The first-order valence-corrected chi connectivity index (χ1v) is 7.20. The highest BCUT2D eigenvalue weighted by Crippen LogP contribution is 2.15. The number of carbonyl (C=O) groups is 1. The Hall–Kier alpha value is -1.06. The highest BCUT2D eigenvalue weighted by Gasteiger charge is 2.29. The number of rotatable bonds is 5. The van der Waals surface area contributed by atoms with E-state index in [1.54, 1.807) is 0 Å². The predicted octanol–water partition coefficient (Wildman–Crippen LogP) is 2.48.